The quantitative estimate of drug-likeness (QED) is 0.682. The third-order valence-electron chi connectivity index (χ3n) is 3.37. The summed E-state index contributed by atoms with van der Waals surface area (Å²) in [5, 5.41) is 6.21. The highest BCUT2D eigenvalue weighted by atomic mass is 16.1. The molecule has 0 aliphatic carbocycles. The second-order valence-electron chi connectivity index (χ2n) is 4.71. The zero-order valence-electron chi connectivity index (χ0n) is 12.9. The van der Waals surface area contributed by atoms with Gasteiger partial charge in [-0.05, 0) is 45.1 Å². The van der Waals surface area contributed by atoms with Gasteiger partial charge in [0.25, 0.3) is 5.91 Å². The molecular formula is C16H27N3O. The highest BCUT2D eigenvalue weighted by molar-refractivity contribution is 5.99. The molecule has 0 fully saturated rings. The molecule has 0 aliphatic heterocycles. The van der Waals surface area contributed by atoms with Crippen molar-refractivity contribution in [2.75, 3.05) is 38.0 Å². The molecule has 2 N–H and O–H groups in total. The van der Waals surface area contributed by atoms with E-state index in [4.69, 9.17) is 0 Å². The summed E-state index contributed by atoms with van der Waals surface area (Å²) >= 11 is 0. The van der Waals surface area contributed by atoms with Crippen LogP contribution in [0.1, 0.15) is 37.6 Å². The van der Waals surface area contributed by atoms with Crippen LogP contribution in [0.2, 0.25) is 0 Å². The zero-order valence-corrected chi connectivity index (χ0v) is 12.9. The van der Waals surface area contributed by atoms with E-state index >= 15 is 0 Å². The lowest BCUT2D eigenvalue weighted by Gasteiger charge is -2.18. The molecule has 0 bridgehead atoms. The minimum Gasteiger partial charge on any atom is -0.385 e. The molecule has 1 rings (SSSR count). The number of carbonyl (C=O) groups is 1. The van der Waals surface area contributed by atoms with Crippen molar-refractivity contribution in [1.29, 1.82) is 0 Å². The van der Waals surface area contributed by atoms with Gasteiger partial charge in [0, 0.05) is 18.8 Å². The molecule has 0 unspecified atom stereocenters. The maximum atomic E-state index is 12.2. The van der Waals surface area contributed by atoms with E-state index in [1.807, 2.05) is 31.2 Å². The lowest BCUT2D eigenvalue weighted by molar-refractivity contribution is 0.0952. The number of para-hydroxylation sites is 1. The van der Waals surface area contributed by atoms with Crippen LogP contribution < -0.4 is 10.6 Å². The minimum atomic E-state index is 0.00102. The summed E-state index contributed by atoms with van der Waals surface area (Å²) in [4.78, 5) is 14.5. The predicted octanol–water partition coefficient (Wildman–Crippen LogP) is 2.58. The summed E-state index contributed by atoms with van der Waals surface area (Å²) in [6.07, 6.45) is 0.983. The SMILES string of the molecule is CCNc1ccccc1C(=O)NCCCN(CC)CC. The number of nitrogens with zero attached hydrogens (tertiary/aromatic N) is 1. The Morgan fingerprint density at radius 2 is 1.85 bits per heavy atom. The van der Waals surface area contributed by atoms with Crippen molar-refractivity contribution in [1.82, 2.24) is 10.2 Å². The fourth-order valence-electron chi connectivity index (χ4n) is 2.17. The fourth-order valence-corrected chi connectivity index (χ4v) is 2.17. The highest BCUT2D eigenvalue weighted by Gasteiger charge is 2.09. The first-order valence-corrected chi connectivity index (χ1v) is 7.56. The van der Waals surface area contributed by atoms with Crippen LogP contribution in [0.4, 0.5) is 5.69 Å². The number of carbonyl (C=O) groups excluding carboxylic acids is 1. The molecular weight excluding hydrogens is 250 g/mol. The summed E-state index contributed by atoms with van der Waals surface area (Å²) in [5.74, 6) is 0.00102. The molecule has 0 aromatic heterocycles. The monoisotopic (exact) mass is 277 g/mol. The van der Waals surface area contributed by atoms with E-state index in [9.17, 15) is 4.79 Å². The van der Waals surface area contributed by atoms with Crippen LogP contribution in [0, 0.1) is 0 Å². The van der Waals surface area contributed by atoms with E-state index in [1.165, 1.54) is 0 Å². The van der Waals surface area contributed by atoms with Gasteiger partial charge in [-0.25, -0.2) is 0 Å². The number of benzene rings is 1. The Balaban J connectivity index is 2.43. The van der Waals surface area contributed by atoms with Crippen molar-refractivity contribution in [2.24, 2.45) is 0 Å². The van der Waals surface area contributed by atoms with Crippen LogP contribution in [-0.4, -0.2) is 43.5 Å². The van der Waals surface area contributed by atoms with E-state index < -0.39 is 0 Å². The van der Waals surface area contributed by atoms with Crippen molar-refractivity contribution < 1.29 is 4.79 Å². The normalized spacial score (nSPS) is 10.6. The van der Waals surface area contributed by atoms with Crippen molar-refractivity contribution >= 4 is 11.6 Å². The predicted molar refractivity (Wildman–Crippen MR) is 85.3 cm³/mol. The maximum absolute atomic E-state index is 12.2. The first kappa shape index (κ1) is 16.5. The molecule has 4 heteroatoms. The highest BCUT2D eigenvalue weighted by Crippen LogP contribution is 2.14. The molecule has 0 atom stereocenters. The van der Waals surface area contributed by atoms with Crippen LogP contribution in [0.5, 0.6) is 0 Å². The Morgan fingerprint density at radius 3 is 2.50 bits per heavy atom. The standard InChI is InChI=1S/C16H27N3O/c1-4-17-15-11-8-7-10-14(15)16(20)18-12-9-13-19(5-2)6-3/h7-8,10-11,17H,4-6,9,12-13H2,1-3H3,(H,18,20). The average Bonchev–Trinajstić information content (AvgIpc) is 2.48. The largest absolute Gasteiger partial charge is 0.385 e. The van der Waals surface area contributed by atoms with Crippen LogP contribution in [0.25, 0.3) is 0 Å². The third-order valence-corrected chi connectivity index (χ3v) is 3.37. The van der Waals surface area contributed by atoms with E-state index in [1.54, 1.807) is 0 Å². The third kappa shape index (κ3) is 5.21. The van der Waals surface area contributed by atoms with E-state index in [0.717, 1.165) is 50.4 Å². The number of rotatable bonds is 9. The number of anilines is 1. The molecule has 4 nitrogen and oxygen atoms in total. The van der Waals surface area contributed by atoms with Crippen molar-refractivity contribution in [2.45, 2.75) is 27.2 Å². The van der Waals surface area contributed by atoms with E-state index in [0.29, 0.717) is 0 Å². The van der Waals surface area contributed by atoms with Gasteiger partial charge in [0.1, 0.15) is 0 Å². The van der Waals surface area contributed by atoms with Gasteiger partial charge in [0.15, 0.2) is 0 Å². The Kier molecular flexibility index (Phi) is 7.73. The number of nitrogens with one attached hydrogen (secondary N) is 2. The molecule has 1 aromatic rings. The summed E-state index contributed by atoms with van der Waals surface area (Å²) in [6, 6.07) is 7.63. The Bertz CT molecular complexity index is 402. The Hall–Kier alpha value is -1.55. The molecule has 0 saturated heterocycles. The molecule has 112 valence electrons. The van der Waals surface area contributed by atoms with Gasteiger partial charge in [-0.2, -0.15) is 0 Å². The molecule has 0 heterocycles. The molecule has 0 saturated carbocycles. The molecule has 1 amide bonds. The van der Waals surface area contributed by atoms with Crippen LogP contribution in [-0.2, 0) is 0 Å². The summed E-state index contributed by atoms with van der Waals surface area (Å²) in [5.41, 5.74) is 1.62. The smallest absolute Gasteiger partial charge is 0.253 e. The van der Waals surface area contributed by atoms with E-state index in [-0.39, 0.29) is 5.91 Å². The first-order valence-electron chi connectivity index (χ1n) is 7.56. The van der Waals surface area contributed by atoms with Gasteiger partial charge in [0.05, 0.1) is 5.56 Å². The Labute approximate surface area is 122 Å². The number of hydrogen-bond donors (Lipinski definition) is 2. The van der Waals surface area contributed by atoms with Gasteiger partial charge in [-0.3, -0.25) is 4.79 Å². The van der Waals surface area contributed by atoms with Crippen molar-refractivity contribution in [3.63, 3.8) is 0 Å². The molecule has 20 heavy (non-hydrogen) atoms. The minimum absolute atomic E-state index is 0.00102. The lowest BCUT2D eigenvalue weighted by Crippen LogP contribution is -2.30. The van der Waals surface area contributed by atoms with Crippen molar-refractivity contribution in [3.8, 4) is 0 Å². The zero-order chi connectivity index (χ0) is 14.8. The van der Waals surface area contributed by atoms with Crippen LogP contribution in [0.15, 0.2) is 24.3 Å². The first-order chi connectivity index (χ1) is 9.72. The summed E-state index contributed by atoms with van der Waals surface area (Å²) < 4.78 is 0. The van der Waals surface area contributed by atoms with Crippen LogP contribution in [0.3, 0.4) is 0 Å². The van der Waals surface area contributed by atoms with Crippen LogP contribution >= 0.6 is 0 Å². The molecule has 1 aromatic carbocycles. The van der Waals surface area contributed by atoms with Gasteiger partial charge in [-0.15, -0.1) is 0 Å². The summed E-state index contributed by atoms with van der Waals surface area (Å²) in [6.45, 7) is 11.0. The maximum Gasteiger partial charge on any atom is 0.253 e. The van der Waals surface area contributed by atoms with Gasteiger partial charge < -0.3 is 15.5 Å². The number of amides is 1. The molecule has 0 aliphatic rings. The van der Waals surface area contributed by atoms with Gasteiger partial charge in [0.2, 0.25) is 0 Å². The lowest BCUT2D eigenvalue weighted by atomic mass is 10.1. The fraction of sp³-hybridized carbons (Fsp3) is 0.562. The summed E-state index contributed by atoms with van der Waals surface area (Å²) in [7, 11) is 0. The van der Waals surface area contributed by atoms with Crippen molar-refractivity contribution in [3.05, 3.63) is 29.8 Å². The second-order valence-corrected chi connectivity index (χ2v) is 4.71. The number of hydrogen-bond acceptors (Lipinski definition) is 3. The van der Waals surface area contributed by atoms with Gasteiger partial charge in [-0.1, -0.05) is 26.0 Å². The van der Waals surface area contributed by atoms with Gasteiger partial charge >= 0.3 is 0 Å². The topological polar surface area (TPSA) is 44.4 Å². The molecule has 0 spiro atoms. The second kappa shape index (κ2) is 9.37. The Morgan fingerprint density at radius 1 is 1.15 bits per heavy atom. The average molecular weight is 277 g/mol. The molecule has 0 radical (unpaired) electrons. The van der Waals surface area contributed by atoms with E-state index in [2.05, 4.69) is 29.4 Å².